The number of hydrogen-bond acceptors (Lipinski definition) is 8. The van der Waals surface area contributed by atoms with Gasteiger partial charge < -0.3 is 30.3 Å². The fourth-order valence-electron chi connectivity index (χ4n) is 7.32. The van der Waals surface area contributed by atoms with E-state index in [1.807, 2.05) is 38.1 Å². The van der Waals surface area contributed by atoms with Gasteiger partial charge in [0.15, 0.2) is 5.75 Å². The summed E-state index contributed by atoms with van der Waals surface area (Å²) in [7, 11) is 0. The van der Waals surface area contributed by atoms with E-state index in [1.165, 1.54) is 18.1 Å². The topological polar surface area (TPSA) is 142 Å². The van der Waals surface area contributed by atoms with Gasteiger partial charge in [-0.15, -0.1) is 5.11 Å². The third kappa shape index (κ3) is 9.97. The number of rotatable bonds is 16. The van der Waals surface area contributed by atoms with Gasteiger partial charge in [0, 0.05) is 35.2 Å². The number of amides is 2. The van der Waals surface area contributed by atoms with Crippen LogP contribution in [0.4, 0.5) is 17.1 Å². The van der Waals surface area contributed by atoms with E-state index < -0.39 is 5.91 Å². The molecule has 0 heterocycles. The maximum absolute atomic E-state index is 13.5. The lowest BCUT2D eigenvalue weighted by molar-refractivity contribution is -0.114. The van der Waals surface area contributed by atoms with Gasteiger partial charge in [0.1, 0.15) is 28.7 Å². The monoisotopic (exact) mass is 822 g/mol. The molecule has 4 N–H and O–H groups in total. The second kappa shape index (κ2) is 18.5. The zero-order valence-electron chi connectivity index (χ0n) is 36.8. The van der Waals surface area contributed by atoms with Crippen molar-refractivity contribution >= 4 is 50.4 Å². The van der Waals surface area contributed by atoms with Crippen LogP contribution in [0.3, 0.4) is 0 Å². The van der Waals surface area contributed by atoms with E-state index in [9.17, 15) is 19.8 Å². The zero-order valence-corrected chi connectivity index (χ0v) is 36.8. The van der Waals surface area contributed by atoms with Crippen molar-refractivity contribution in [3.63, 3.8) is 0 Å². The van der Waals surface area contributed by atoms with E-state index in [-0.39, 0.29) is 33.8 Å². The molecule has 6 aromatic carbocycles. The molecule has 0 radical (unpaired) electrons. The van der Waals surface area contributed by atoms with Crippen LogP contribution in [0, 0.1) is 13.8 Å². The molecule has 10 nitrogen and oxygen atoms in total. The molecule has 6 aromatic rings. The number of carbonyl (C=O) groups is 2. The number of aryl methyl sites for hydroxylation is 2. The van der Waals surface area contributed by atoms with Crippen molar-refractivity contribution in [2.75, 3.05) is 18.5 Å². The molecule has 61 heavy (non-hydrogen) atoms. The van der Waals surface area contributed by atoms with Crippen molar-refractivity contribution in [1.82, 2.24) is 5.32 Å². The van der Waals surface area contributed by atoms with Gasteiger partial charge in [-0.3, -0.25) is 9.59 Å². The van der Waals surface area contributed by atoms with Gasteiger partial charge in [-0.2, -0.15) is 5.11 Å². The Kier molecular flexibility index (Phi) is 13.4. The predicted octanol–water partition coefficient (Wildman–Crippen LogP) is 13.2. The number of azo groups is 1. The number of fused-ring (bicyclic) bond motifs is 2. The standard InChI is InChI=1S/C51H58N4O6/c1-10-50(6,7)35-18-23-43(41(29-35)51(8,9)11-2)60-25-15-14-24-52-49(59)40-30-44(38-16-12-13-17-39(38)47(40)57)61-37-21-19-36(20-22-37)54-55-46-32(4)28-34-26-31(3)27-42(53-33(5)56)45(34)48(46)58/h12-13,16-23,26-30,57-58H,10-11,14-15,24-25H2,1-9H3,(H,52,59)(H,53,56). The Balaban J connectivity index is 1.12. The van der Waals surface area contributed by atoms with Gasteiger partial charge in [-0.1, -0.05) is 84.0 Å². The molecule has 0 unspecified atom stereocenters. The lowest BCUT2D eigenvalue weighted by Crippen LogP contribution is -2.25. The summed E-state index contributed by atoms with van der Waals surface area (Å²) in [5, 5.41) is 39.5. The van der Waals surface area contributed by atoms with E-state index in [0.29, 0.717) is 64.3 Å². The van der Waals surface area contributed by atoms with Crippen LogP contribution in [-0.4, -0.2) is 35.2 Å². The number of ether oxygens (including phenoxy) is 2. The Morgan fingerprint density at radius 3 is 2.15 bits per heavy atom. The minimum atomic E-state index is -0.405. The molecule has 0 aliphatic rings. The SMILES string of the molecule is CCC(C)(C)c1ccc(OCCCCNC(=O)c2cc(Oc3ccc(N=Nc4c(C)cc5cc(C)cc(NC(C)=O)c5c4O)cc3)c3ccccc3c2O)c(C(C)(C)CC)c1. The van der Waals surface area contributed by atoms with Crippen LogP contribution in [-0.2, 0) is 15.6 Å². The lowest BCUT2D eigenvalue weighted by Gasteiger charge is -2.30. The number of benzene rings is 6. The Bertz CT molecular complexity index is 2610. The number of anilines is 1. The first kappa shape index (κ1) is 44.1. The average Bonchev–Trinajstić information content (AvgIpc) is 3.22. The van der Waals surface area contributed by atoms with E-state index >= 15 is 0 Å². The highest BCUT2D eigenvalue weighted by molar-refractivity contribution is 6.07. The molecule has 6 rings (SSSR count). The lowest BCUT2D eigenvalue weighted by atomic mass is 9.76. The Labute approximate surface area is 359 Å². The minimum Gasteiger partial charge on any atom is -0.506 e. The summed E-state index contributed by atoms with van der Waals surface area (Å²) < 4.78 is 12.7. The largest absolute Gasteiger partial charge is 0.506 e. The summed E-state index contributed by atoms with van der Waals surface area (Å²) in [6.45, 7) is 19.6. The molecular formula is C51H58N4O6. The first-order chi connectivity index (χ1) is 29.0. The van der Waals surface area contributed by atoms with Crippen molar-refractivity contribution in [2.24, 2.45) is 10.2 Å². The van der Waals surface area contributed by atoms with E-state index in [1.54, 1.807) is 48.5 Å². The summed E-state index contributed by atoms with van der Waals surface area (Å²) in [4.78, 5) is 25.4. The first-order valence-corrected chi connectivity index (χ1v) is 21.1. The van der Waals surface area contributed by atoms with Gasteiger partial charge in [0.05, 0.1) is 23.5 Å². The summed E-state index contributed by atoms with van der Waals surface area (Å²) in [5.74, 6) is 0.949. The second-order valence-corrected chi connectivity index (χ2v) is 17.1. The summed E-state index contributed by atoms with van der Waals surface area (Å²) in [6.07, 6.45) is 3.47. The second-order valence-electron chi connectivity index (χ2n) is 17.1. The molecule has 0 aliphatic heterocycles. The number of nitrogens with one attached hydrogen (secondary N) is 2. The molecule has 0 aliphatic carbocycles. The van der Waals surface area contributed by atoms with Crippen LogP contribution < -0.4 is 20.1 Å². The highest BCUT2D eigenvalue weighted by Crippen LogP contribution is 2.44. The van der Waals surface area contributed by atoms with Crippen LogP contribution in [0.25, 0.3) is 21.5 Å². The van der Waals surface area contributed by atoms with E-state index in [4.69, 9.17) is 9.47 Å². The Hall–Kier alpha value is -6.42. The van der Waals surface area contributed by atoms with Crippen molar-refractivity contribution in [3.8, 4) is 28.7 Å². The van der Waals surface area contributed by atoms with Crippen molar-refractivity contribution in [2.45, 2.75) is 98.8 Å². The van der Waals surface area contributed by atoms with Gasteiger partial charge >= 0.3 is 0 Å². The highest BCUT2D eigenvalue weighted by atomic mass is 16.5. The molecule has 0 saturated heterocycles. The number of unbranched alkanes of at least 4 members (excludes halogenated alkanes) is 1. The van der Waals surface area contributed by atoms with E-state index in [0.717, 1.165) is 41.5 Å². The molecule has 318 valence electrons. The third-order valence-electron chi connectivity index (χ3n) is 11.8. The predicted molar refractivity (Wildman–Crippen MR) is 246 cm³/mol. The normalized spacial score (nSPS) is 12.0. The molecule has 2 amide bonds. The smallest absolute Gasteiger partial charge is 0.255 e. The number of carbonyl (C=O) groups excluding carboxylic acids is 2. The fourth-order valence-corrected chi connectivity index (χ4v) is 7.32. The van der Waals surface area contributed by atoms with E-state index in [2.05, 4.69) is 80.6 Å². The molecule has 0 fully saturated rings. The molecule has 10 heteroatoms. The van der Waals surface area contributed by atoms with Crippen LogP contribution in [0.1, 0.15) is 107 Å². The molecule has 0 spiro atoms. The molecule has 0 bridgehead atoms. The molecule has 0 saturated carbocycles. The molecule has 0 aromatic heterocycles. The van der Waals surface area contributed by atoms with Gasteiger partial charge in [-0.25, -0.2) is 0 Å². The maximum atomic E-state index is 13.5. The highest BCUT2D eigenvalue weighted by Gasteiger charge is 2.27. The van der Waals surface area contributed by atoms with Crippen LogP contribution in [0.5, 0.6) is 28.7 Å². The maximum Gasteiger partial charge on any atom is 0.255 e. The number of hydrogen-bond donors (Lipinski definition) is 4. The first-order valence-electron chi connectivity index (χ1n) is 21.1. The molecular weight excluding hydrogens is 765 g/mol. The number of phenols is 2. The zero-order chi connectivity index (χ0) is 44.1. The average molecular weight is 823 g/mol. The summed E-state index contributed by atoms with van der Waals surface area (Å²) >= 11 is 0. The quantitative estimate of drug-likeness (QED) is 0.0565. The fraction of sp³-hybridized carbons (Fsp3) is 0.333. The number of phenolic OH excluding ortho intramolecular Hbond substituents is 2. The van der Waals surface area contributed by atoms with Crippen LogP contribution >= 0.6 is 0 Å². The minimum absolute atomic E-state index is 0.0325. The Morgan fingerprint density at radius 2 is 1.46 bits per heavy atom. The summed E-state index contributed by atoms with van der Waals surface area (Å²) in [6, 6.07) is 28.0. The van der Waals surface area contributed by atoms with Crippen molar-refractivity contribution in [1.29, 1.82) is 0 Å². The van der Waals surface area contributed by atoms with Gasteiger partial charge in [0.2, 0.25) is 5.91 Å². The number of nitrogens with zero attached hydrogens (tertiary/aromatic N) is 2. The van der Waals surface area contributed by atoms with Crippen LogP contribution in [0.2, 0.25) is 0 Å². The Morgan fingerprint density at radius 1 is 0.754 bits per heavy atom. The van der Waals surface area contributed by atoms with Gasteiger partial charge in [-0.05, 0) is 121 Å². The van der Waals surface area contributed by atoms with Crippen molar-refractivity contribution in [3.05, 3.63) is 119 Å². The molecule has 0 atom stereocenters. The van der Waals surface area contributed by atoms with Crippen molar-refractivity contribution < 1.29 is 29.3 Å². The van der Waals surface area contributed by atoms with Crippen LogP contribution in [0.15, 0.2) is 101 Å². The number of aromatic hydroxyl groups is 2. The van der Waals surface area contributed by atoms with Gasteiger partial charge in [0.25, 0.3) is 5.91 Å². The summed E-state index contributed by atoms with van der Waals surface area (Å²) in [5.41, 5.74) is 5.66. The third-order valence-corrected chi connectivity index (χ3v) is 11.8.